The number of nitrogens with zero attached hydrogens (tertiary/aromatic N) is 4. The fourth-order valence-electron chi connectivity index (χ4n) is 4.22. The first-order valence-electron chi connectivity index (χ1n) is 12.4. The number of hydrogen-bond donors (Lipinski definition) is 2. The molecule has 10 heteroatoms. The Bertz CT molecular complexity index is 1520. The number of nitrogens with one attached hydrogen (secondary N) is 1. The number of rotatable bonds is 6. The Hall–Kier alpha value is -4.02. The van der Waals surface area contributed by atoms with Crippen molar-refractivity contribution in [1.29, 1.82) is 0 Å². The minimum absolute atomic E-state index is 0.320. The molecule has 0 unspecified atom stereocenters. The molecule has 1 aliphatic heterocycles. The monoisotopic (exact) mass is 532 g/mol. The Balaban J connectivity index is 0.000000529. The number of halogens is 1. The van der Waals surface area contributed by atoms with Crippen molar-refractivity contribution in [3.8, 4) is 28.4 Å². The van der Waals surface area contributed by atoms with Gasteiger partial charge in [0.15, 0.2) is 0 Å². The average molecular weight is 533 g/mol. The fourth-order valence-corrected chi connectivity index (χ4v) is 4.93. The van der Waals surface area contributed by atoms with Gasteiger partial charge in [0, 0.05) is 43.2 Å². The van der Waals surface area contributed by atoms with Gasteiger partial charge in [-0.3, -0.25) is 0 Å². The van der Waals surface area contributed by atoms with E-state index in [-0.39, 0.29) is 0 Å². The maximum atomic E-state index is 14.1. The second-order valence-electron chi connectivity index (χ2n) is 8.95. The topological polar surface area (TPSA) is 100 Å². The lowest BCUT2D eigenvalue weighted by Crippen LogP contribution is -2.03. The molecule has 0 aliphatic carbocycles. The number of ether oxygens (including phenoxy) is 2. The minimum atomic E-state index is -0.439. The van der Waals surface area contributed by atoms with Crippen LogP contribution in [0.5, 0.6) is 17.2 Å². The zero-order valence-corrected chi connectivity index (χ0v) is 22.1. The molecule has 0 spiro atoms. The minimum Gasteiger partial charge on any atom is -0.488 e. The summed E-state index contributed by atoms with van der Waals surface area (Å²) in [5, 5.41) is 4.98. The summed E-state index contributed by atoms with van der Waals surface area (Å²) in [6.45, 7) is 4.75. The second-order valence-corrected chi connectivity index (χ2v) is 10.3. The number of nitrogen functional groups attached to an aromatic ring is 1. The van der Waals surface area contributed by atoms with Gasteiger partial charge in [-0.1, -0.05) is 12.1 Å². The zero-order chi connectivity index (χ0) is 26.5. The maximum absolute atomic E-state index is 14.1. The molecular weight excluding hydrogens is 503 g/mol. The number of hydrogen-bond acceptors (Lipinski definition) is 8. The third-order valence-corrected chi connectivity index (χ3v) is 6.92. The lowest BCUT2D eigenvalue weighted by molar-refractivity contribution is 0.306. The van der Waals surface area contributed by atoms with Crippen LogP contribution in [0.4, 0.5) is 10.2 Å². The number of aryl methyl sites for hydroxylation is 2. The van der Waals surface area contributed by atoms with E-state index in [0.717, 1.165) is 32.0 Å². The summed E-state index contributed by atoms with van der Waals surface area (Å²) in [6, 6.07) is 11.8. The zero-order valence-electron chi connectivity index (χ0n) is 21.3. The first-order valence-corrected chi connectivity index (χ1v) is 13.2. The molecule has 6 rings (SSSR count). The highest BCUT2D eigenvalue weighted by Crippen LogP contribution is 2.34. The van der Waals surface area contributed by atoms with Crippen LogP contribution < -0.4 is 20.5 Å². The Morgan fingerprint density at radius 3 is 2.47 bits per heavy atom. The van der Waals surface area contributed by atoms with Gasteiger partial charge in [0.1, 0.15) is 47.5 Å². The van der Waals surface area contributed by atoms with E-state index in [1.165, 1.54) is 44.4 Å². The van der Waals surface area contributed by atoms with Crippen molar-refractivity contribution < 1.29 is 13.9 Å². The predicted molar refractivity (Wildman–Crippen MR) is 148 cm³/mol. The van der Waals surface area contributed by atoms with Crippen molar-refractivity contribution >= 4 is 28.2 Å². The van der Waals surface area contributed by atoms with Crippen molar-refractivity contribution in [2.24, 2.45) is 7.05 Å². The van der Waals surface area contributed by atoms with Gasteiger partial charge in [-0.2, -0.15) is 0 Å². The van der Waals surface area contributed by atoms with Gasteiger partial charge in [0.05, 0.1) is 15.3 Å². The van der Waals surface area contributed by atoms with Crippen molar-refractivity contribution in [2.75, 3.05) is 18.8 Å². The van der Waals surface area contributed by atoms with E-state index in [2.05, 4.69) is 20.3 Å². The van der Waals surface area contributed by atoms with Crippen molar-refractivity contribution in [1.82, 2.24) is 24.8 Å². The molecule has 0 saturated carbocycles. The van der Waals surface area contributed by atoms with E-state index in [1.54, 1.807) is 23.6 Å². The van der Waals surface area contributed by atoms with Gasteiger partial charge in [-0.15, -0.1) is 11.3 Å². The molecule has 0 radical (unpaired) electrons. The van der Waals surface area contributed by atoms with Crippen LogP contribution in [0.15, 0.2) is 61.2 Å². The molecule has 1 fully saturated rings. The van der Waals surface area contributed by atoms with Crippen LogP contribution >= 0.6 is 11.3 Å². The van der Waals surface area contributed by atoms with Crippen LogP contribution in [0, 0.1) is 12.7 Å². The summed E-state index contributed by atoms with van der Waals surface area (Å²) < 4.78 is 27.6. The Morgan fingerprint density at radius 1 is 1.03 bits per heavy atom. The Labute approximate surface area is 224 Å². The van der Waals surface area contributed by atoms with E-state index < -0.39 is 5.82 Å². The average Bonchev–Trinajstić information content (AvgIpc) is 3.67. The van der Waals surface area contributed by atoms with Crippen LogP contribution in [0.3, 0.4) is 0 Å². The van der Waals surface area contributed by atoms with Gasteiger partial charge in [-0.25, -0.2) is 19.3 Å². The summed E-state index contributed by atoms with van der Waals surface area (Å²) in [4.78, 5) is 13.6. The van der Waals surface area contributed by atoms with E-state index in [1.807, 2.05) is 49.0 Å². The van der Waals surface area contributed by atoms with E-state index in [4.69, 9.17) is 15.2 Å². The molecule has 0 bridgehead atoms. The maximum Gasteiger partial charge on any atom is 0.145 e. The Morgan fingerprint density at radius 2 is 1.79 bits per heavy atom. The molecule has 8 nitrogen and oxygen atoms in total. The molecule has 0 amide bonds. The molecule has 0 atom stereocenters. The fraction of sp³-hybridized carbons (Fsp3) is 0.250. The van der Waals surface area contributed by atoms with Gasteiger partial charge >= 0.3 is 0 Å². The van der Waals surface area contributed by atoms with Crippen molar-refractivity contribution in [2.45, 2.75) is 26.4 Å². The van der Waals surface area contributed by atoms with Crippen LogP contribution in [-0.4, -0.2) is 32.6 Å². The number of thiazole rings is 1. The van der Waals surface area contributed by atoms with Crippen molar-refractivity contribution in [3.63, 3.8) is 0 Å². The number of aromatic nitrogens is 4. The van der Waals surface area contributed by atoms with Crippen LogP contribution in [0.25, 0.3) is 22.2 Å². The highest BCUT2D eigenvalue weighted by Gasteiger charge is 2.14. The molecule has 1 saturated heterocycles. The lowest BCUT2D eigenvalue weighted by Gasteiger charge is -2.10. The normalized spacial score (nSPS) is 12.8. The molecule has 5 aromatic rings. The molecule has 196 valence electrons. The van der Waals surface area contributed by atoms with Crippen LogP contribution in [0.2, 0.25) is 0 Å². The predicted octanol–water partition coefficient (Wildman–Crippen LogP) is 5.86. The molecule has 3 aromatic heterocycles. The van der Waals surface area contributed by atoms with Crippen LogP contribution in [-0.2, 0) is 13.7 Å². The summed E-state index contributed by atoms with van der Waals surface area (Å²) >= 11 is 1.54. The molecule has 2 aromatic carbocycles. The summed E-state index contributed by atoms with van der Waals surface area (Å²) in [6.07, 6.45) is 7.95. The van der Waals surface area contributed by atoms with E-state index in [0.29, 0.717) is 29.7 Å². The molecule has 1 aliphatic rings. The highest BCUT2D eigenvalue weighted by molar-refractivity contribution is 7.11. The second kappa shape index (κ2) is 11.6. The van der Waals surface area contributed by atoms with Crippen molar-refractivity contribution in [3.05, 3.63) is 76.9 Å². The lowest BCUT2D eigenvalue weighted by atomic mass is 10.1. The largest absolute Gasteiger partial charge is 0.488 e. The third kappa shape index (κ3) is 6.09. The standard InChI is InChI=1S/C24H20FN5O2S.C4H9N/c1-14-27-10-20(33-14)12-31-18-7-16(25)8-19(9-18)32-17-5-3-15(4-6-17)21-11-30(2)24-22(21)23(26)28-13-29-24;1-2-4-5-3-1/h3-11,13H,12H2,1-2H3,(H2,26,28,29);5H,1-4H2. The smallest absolute Gasteiger partial charge is 0.145 e. The van der Waals surface area contributed by atoms with E-state index in [9.17, 15) is 4.39 Å². The highest BCUT2D eigenvalue weighted by atomic mass is 32.1. The number of benzene rings is 2. The van der Waals surface area contributed by atoms with Gasteiger partial charge in [-0.05, 0) is 50.6 Å². The quantitative estimate of drug-likeness (QED) is 0.282. The van der Waals surface area contributed by atoms with Crippen LogP contribution in [0.1, 0.15) is 22.7 Å². The molecule has 38 heavy (non-hydrogen) atoms. The summed E-state index contributed by atoms with van der Waals surface area (Å²) in [5.74, 6) is 1.29. The van der Waals surface area contributed by atoms with E-state index >= 15 is 0 Å². The number of fused-ring (bicyclic) bond motifs is 1. The summed E-state index contributed by atoms with van der Waals surface area (Å²) in [7, 11) is 1.91. The SMILES string of the molecule is C1CCNC1.Cc1ncc(COc2cc(F)cc(Oc3ccc(-c4cn(C)c5ncnc(N)c45)cc3)c2)s1. The number of nitrogens with two attached hydrogens (primary N) is 1. The van der Waals surface area contributed by atoms with Gasteiger partial charge in [0.2, 0.25) is 0 Å². The summed E-state index contributed by atoms with van der Waals surface area (Å²) in [5.41, 5.74) is 8.72. The molecule has 3 N–H and O–H groups in total. The Kier molecular flexibility index (Phi) is 7.81. The molecule has 4 heterocycles. The molecular formula is C28H29FN6O2S. The number of anilines is 1. The van der Waals surface area contributed by atoms with Gasteiger partial charge < -0.3 is 25.1 Å². The third-order valence-electron chi connectivity index (χ3n) is 6.04. The van der Waals surface area contributed by atoms with Gasteiger partial charge in [0.25, 0.3) is 0 Å². The first kappa shape index (κ1) is 25.6. The first-order chi connectivity index (χ1) is 18.5.